The van der Waals surface area contributed by atoms with Crippen molar-refractivity contribution >= 4 is 11.5 Å². The number of methoxy groups -OCH3 is 3. The average molecular weight is 368 g/mol. The van der Waals surface area contributed by atoms with Gasteiger partial charge in [0.1, 0.15) is 22.7 Å². The lowest BCUT2D eigenvalue weighted by Crippen LogP contribution is -2.29. The second kappa shape index (κ2) is 7.35. The van der Waals surface area contributed by atoms with E-state index in [2.05, 4.69) is 0 Å². The smallest absolute Gasteiger partial charge is 0.325 e. The van der Waals surface area contributed by atoms with Crippen LogP contribution in [0.2, 0.25) is 0 Å². The van der Waals surface area contributed by atoms with Crippen LogP contribution in [0.25, 0.3) is 5.57 Å². The van der Waals surface area contributed by atoms with Crippen LogP contribution in [0.1, 0.15) is 25.0 Å². The molecule has 0 aliphatic heterocycles. The van der Waals surface area contributed by atoms with Crippen molar-refractivity contribution in [3.8, 4) is 17.2 Å². The Balaban J connectivity index is 2.25. The fourth-order valence-electron chi connectivity index (χ4n) is 3.73. The van der Waals surface area contributed by atoms with Crippen LogP contribution in [0.3, 0.4) is 0 Å². The standard InChI is InChI=1S/C22H24O5/c1-6-27-21(23)22(14(2)19(22)15-10-8-7-9-11-15)20-17(25-4)12-16(24-3)13-18(20)26-5/h7-13H,6H2,1-5H3. The minimum atomic E-state index is -1.03. The van der Waals surface area contributed by atoms with Crippen molar-refractivity contribution in [1.82, 2.24) is 0 Å². The van der Waals surface area contributed by atoms with Crippen LogP contribution in [0.15, 0.2) is 48.0 Å². The van der Waals surface area contributed by atoms with Crippen molar-refractivity contribution in [3.63, 3.8) is 0 Å². The third kappa shape index (κ3) is 2.83. The molecular formula is C22H24O5. The first-order valence-electron chi connectivity index (χ1n) is 8.81. The minimum absolute atomic E-state index is 0.288. The molecule has 0 radical (unpaired) electrons. The predicted octanol–water partition coefficient (Wildman–Crippen LogP) is 4.00. The largest absolute Gasteiger partial charge is 0.496 e. The quantitative estimate of drug-likeness (QED) is 0.692. The van der Waals surface area contributed by atoms with Crippen molar-refractivity contribution in [2.75, 3.05) is 27.9 Å². The van der Waals surface area contributed by atoms with E-state index in [1.54, 1.807) is 40.4 Å². The summed E-state index contributed by atoms with van der Waals surface area (Å²) >= 11 is 0. The predicted molar refractivity (Wildman–Crippen MR) is 103 cm³/mol. The van der Waals surface area contributed by atoms with E-state index in [0.717, 1.165) is 16.7 Å². The molecule has 2 aromatic rings. The van der Waals surface area contributed by atoms with Gasteiger partial charge in [0, 0.05) is 12.1 Å². The molecule has 0 saturated carbocycles. The van der Waals surface area contributed by atoms with Gasteiger partial charge in [0.25, 0.3) is 0 Å². The number of carbonyl (C=O) groups is 1. The van der Waals surface area contributed by atoms with Crippen LogP contribution in [0.5, 0.6) is 17.2 Å². The highest BCUT2D eigenvalue weighted by Gasteiger charge is 2.62. The molecule has 0 heterocycles. The second-order valence-electron chi connectivity index (χ2n) is 6.24. The maximum Gasteiger partial charge on any atom is 0.325 e. The molecule has 0 amide bonds. The van der Waals surface area contributed by atoms with E-state index < -0.39 is 5.41 Å². The van der Waals surface area contributed by atoms with Crippen LogP contribution in [-0.4, -0.2) is 33.9 Å². The SMILES string of the molecule is CCOC(=O)C1(c2c(OC)cc(OC)cc2OC)C(C)=C1c1ccccc1. The summed E-state index contributed by atoms with van der Waals surface area (Å²) in [5, 5.41) is 0. The molecule has 0 fully saturated rings. The second-order valence-corrected chi connectivity index (χ2v) is 6.24. The molecule has 5 heteroatoms. The molecule has 1 aliphatic carbocycles. The molecule has 0 aromatic heterocycles. The van der Waals surface area contributed by atoms with Crippen molar-refractivity contribution in [2.24, 2.45) is 0 Å². The molecule has 1 aliphatic rings. The molecule has 3 rings (SSSR count). The third-order valence-electron chi connectivity index (χ3n) is 4.98. The number of ether oxygens (including phenoxy) is 4. The highest BCUT2D eigenvalue weighted by molar-refractivity contribution is 6.16. The zero-order chi connectivity index (χ0) is 19.6. The number of benzene rings is 2. The first kappa shape index (κ1) is 18.8. The molecule has 1 atom stereocenters. The van der Waals surface area contributed by atoms with Gasteiger partial charge >= 0.3 is 5.97 Å². The highest BCUT2D eigenvalue weighted by atomic mass is 16.5. The van der Waals surface area contributed by atoms with Crippen LogP contribution in [0, 0.1) is 0 Å². The summed E-state index contributed by atoms with van der Waals surface area (Å²) in [7, 11) is 4.71. The van der Waals surface area contributed by atoms with E-state index in [4.69, 9.17) is 18.9 Å². The monoisotopic (exact) mass is 368 g/mol. The van der Waals surface area contributed by atoms with Crippen LogP contribution in [0.4, 0.5) is 0 Å². The zero-order valence-corrected chi connectivity index (χ0v) is 16.3. The molecular weight excluding hydrogens is 344 g/mol. The van der Waals surface area contributed by atoms with E-state index in [1.165, 1.54) is 0 Å². The summed E-state index contributed by atoms with van der Waals surface area (Å²) < 4.78 is 22.1. The number of carbonyl (C=O) groups excluding carboxylic acids is 1. The Morgan fingerprint density at radius 2 is 1.56 bits per heavy atom. The van der Waals surface area contributed by atoms with Gasteiger partial charge in [-0.25, -0.2) is 0 Å². The first-order valence-corrected chi connectivity index (χ1v) is 8.81. The Bertz CT molecular complexity index is 860. The number of hydrogen-bond acceptors (Lipinski definition) is 5. The van der Waals surface area contributed by atoms with E-state index in [1.807, 2.05) is 37.3 Å². The van der Waals surface area contributed by atoms with Gasteiger partial charge in [-0.15, -0.1) is 0 Å². The molecule has 0 spiro atoms. The van der Waals surface area contributed by atoms with Gasteiger partial charge in [0.2, 0.25) is 0 Å². The van der Waals surface area contributed by atoms with Crippen LogP contribution >= 0.6 is 0 Å². The van der Waals surface area contributed by atoms with Crippen LogP contribution in [-0.2, 0) is 14.9 Å². The first-order chi connectivity index (χ1) is 13.1. The van der Waals surface area contributed by atoms with E-state index in [-0.39, 0.29) is 12.6 Å². The molecule has 2 aromatic carbocycles. The Morgan fingerprint density at radius 3 is 2.04 bits per heavy atom. The zero-order valence-electron chi connectivity index (χ0n) is 16.3. The van der Waals surface area contributed by atoms with Crippen molar-refractivity contribution in [3.05, 3.63) is 59.2 Å². The lowest BCUT2D eigenvalue weighted by Gasteiger charge is -2.24. The summed E-state index contributed by atoms with van der Waals surface area (Å²) in [5.74, 6) is 1.29. The molecule has 1 unspecified atom stereocenters. The topological polar surface area (TPSA) is 54.0 Å². The van der Waals surface area contributed by atoms with Crippen LogP contribution < -0.4 is 14.2 Å². The number of esters is 1. The Kier molecular flexibility index (Phi) is 5.13. The minimum Gasteiger partial charge on any atom is -0.496 e. The molecule has 0 saturated heterocycles. The van der Waals surface area contributed by atoms with Crippen molar-refractivity contribution < 1.29 is 23.7 Å². The molecule has 27 heavy (non-hydrogen) atoms. The fourth-order valence-corrected chi connectivity index (χ4v) is 3.73. The Labute approximate surface area is 159 Å². The van der Waals surface area contributed by atoms with E-state index in [0.29, 0.717) is 22.8 Å². The number of hydrogen-bond donors (Lipinski definition) is 0. The van der Waals surface area contributed by atoms with Gasteiger partial charge in [-0.05, 0) is 30.6 Å². The fraction of sp³-hybridized carbons (Fsp3) is 0.318. The molecule has 5 nitrogen and oxygen atoms in total. The van der Waals surface area contributed by atoms with Gasteiger partial charge in [-0.2, -0.15) is 0 Å². The summed E-state index contributed by atoms with van der Waals surface area (Å²) in [6.45, 7) is 4.03. The normalized spacial score (nSPS) is 18.1. The maximum atomic E-state index is 13.2. The summed E-state index contributed by atoms with van der Waals surface area (Å²) in [5.41, 5.74) is 2.43. The lowest BCUT2D eigenvalue weighted by atomic mass is 9.84. The third-order valence-corrected chi connectivity index (χ3v) is 4.98. The molecule has 142 valence electrons. The van der Waals surface area contributed by atoms with Gasteiger partial charge in [-0.1, -0.05) is 30.3 Å². The summed E-state index contributed by atoms with van der Waals surface area (Å²) in [4.78, 5) is 13.2. The average Bonchev–Trinajstić information content (AvgIpc) is 3.33. The van der Waals surface area contributed by atoms with Gasteiger partial charge < -0.3 is 18.9 Å². The Morgan fingerprint density at radius 1 is 0.963 bits per heavy atom. The van der Waals surface area contributed by atoms with Crippen molar-refractivity contribution in [2.45, 2.75) is 19.3 Å². The Hall–Kier alpha value is -2.95. The summed E-state index contributed by atoms with van der Waals surface area (Å²) in [6.07, 6.45) is 0. The molecule has 0 N–H and O–H groups in total. The summed E-state index contributed by atoms with van der Waals surface area (Å²) in [6, 6.07) is 13.3. The highest BCUT2D eigenvalue weighted by Crippen LogP contribution is 2.64. The van der Waals surface area contributed by atoms with E-state index >= 15 is 0 Å². The van der Waals surface area contributed by atoms with Crippen molar-refractivity contribution in [1.29, 1.82) is 0 Å². The lowest BCUT2D eigenvalue weighted by molar-refractivity contribution is -0.145. The molecule has 0 bridgehead atoms. The van der Waals surface area contributed by atoms with Gasteiger partial charge in [0.05, 0.1) is 33.5 Å². The maximum absolute atomic E-state index is 13.2. The number of rotatable bonds is 7. The van der Waals surface area contributed by atoms with E-state index in [9.17, 15) is 4.79 Å². The van der Waals surface area contributed by atoms with Gasteiger partial charge in [-0.3, -0.25) is 4.79 Å². The van der Waals surface area contributed by atoms with Gasteiger partial charge in [0.15, 0.2) is 0 Å².